The van der Waals surface area contributed by atoms with E-state index in [1.54, 1.807) is 11.3 Å². The lowest BCUT2D eigenvalue weighted by molar-refractivity contribution is -0.121. The lowest BCUT2D eigenvalue weighted by atomic mass is 10.1. The average Bonchev–Trinajstić information content (AvgIpc) is 3.24. The summed E-state index contributed by atoms with van der Waals surface area (Å²) in [6.07, 6.45) is 3.33. The number of nitrogens with zero attached hydrogens (tertiary/aromatic N) is 2. The van der Waals surface area contributed by atoms with Crippen LogP contribution in [0.15, 0.2) is 21.2 Å². The van der Waals surface area contributed by atoms with Crippen molar-refractivity contribution >= 4 is 17.2 Å². The summed E-state index contributed by atoms with van der Waals surface area (Å²) in [6.45, 7) is 0.546. The van der Waals surface area contributed by atoms with Gasteiger partial charge in [-0.2, -0.15) is 11.3 Å². The van der Waals surface area contributed by atoms with Crippen LogP contribution in [0.25, 0.3) is 11.5 Å². The average molecular weight is 321 g/mol. The molecule has 0 radical (unpaired) electrons. The van der Waals surface area contributed by atoms with Gasteiger partial charge in [0.05, 0.1) is 6.10 Å². The van der Waals surface area contributed by atoms with E-state index in [2.05, 4.69) is 15.5 Å². The monoisotopic (exact) mass is 321 g/mol. The molecule has 2 aromatic heterocycles. The molecule has 2 heterocycles. The third kappa shape index (κ3) is 3.72. The Morgan fingerprint density at radius 1 is 1.45 bits per heavy atom. The van der Waals surface area contributed by atoms with E-state index in [0.29, 0.717) is 31.2 Å². The maximum absolute atomic E-state index is 11.8. The van der Waals surface area contributed by atoms with Gasteiger partial charge in [0.15, 0.2) is 0 Å². The summed E-state index contributed by atoms with van der Waals surface area (Å²) in [5.41, 5.74) is 0.906. The number of hydrogen-bond acceptors (Lipinski definition) is 6. The molecule has 0 spiro atoms. The van der Waals surface area contributed by atoms with E-state index in [9.17, 15) is 9.90 Å². The summed E-state index contributed by atoms with van der Waals surface area (Å²) in [6, 6.07) is 1.92. The Morgan fingerprint density at radius 3 is 3.09 bits per heavy atom. The molecule has 2 aromatic rings. The first-order valence-corrected chi connectivity index (χ1v) is 8.46. The van der Waals surface area contributed by atoms with E-state index < -0.39 is 0 Å². The molecule has 6 nitrogen and oxygen atoms in total. The predicted molar refractivity (Wildman–Crippen MR) is 82.3 cm³/mol. The van der Waals surface area contributed by atoms with Crippen LogP contribution in [0.4, 0.5) is 0 Å². The smallest absolute Gasteiger partial charge is 0.248 e. The van der Waals surface area contributed by atoms with Gasteiger partial charge in [-0.15, -0.1) is 10.2 Å². The Labute approximate surface area is 132 Å². The van der Waals surface area contributed by atoms with E-state index >= 15 is 0 Å². The van der Waals surface area contributed by atoms with Crippen molar-refractivity contribution in [2.24, 2.45) is 5.92 Å². The highest BCUT2D eigenvalue weighted by molar-refractivity contribution is 7.08. The summed E-state index contributed by atoms with van der Waals surface area (Å²) in [5.74, 6) is 1.11. The molecule has 1 fully saturated rings. The van der Waals surface area contributed by atoms with Crippen molar-refractivity contribution in [1.29, 1.82) is 0 Å². The summed E-state index contributed by atoms with van der Waals surface area (Å²) < 4.78 is 5.54. The van der Waals surface area contributed by atoms with Gasteiger partial charge in [0.2, 0.25) is 17.7 Å². The highest BCUT2D eigenvalue weighted by Crippen LogP contribution is 2.24. The molecule has 0 saturated heterocycles. The number of aliphatic hydroxyl groups excluding tert-OH is 1. The van der Waals surface area contributed by atoms with Crippen LogP contribution in [0.5, 0.6) is 0 Å². The van der Waals surface area contributed by atoms with Crippen LogP contribution in [0.3, 0.4) is 0 Å². The summed E-state index contributed by atoms with van der Waals surface area (Å²) >= 11 is 1.57. The molecular weight excluding hydrogens is 302 g/mol. The van der Waals surface area contributed by atoms with Crippen molar-refractivity contribution in [3.63, 3.8) is 0 Å². The van der Waals surface area contributed by atoms with E-state index in [1.807, 2.05) is 16.8 Å². The van der Waals surface area contributed by atoms with Crippen molar-refractivity contribution in [2.45, 2.75) is 38.2 Å². The van der Waals surface area contributed by atoms with Gasteiger partial charge < -0.3 is 14.8 Å². The Morgan fingerprint density at radius 2 is 2.36 bits per heavy atom. The SMILES string of the molecule is O=C(CCc1nnc(-c2ccsc2)o1)NCC1CCCC1O. The quantitative estimate of drug-likeness (QED) is 0.849. The van der Waals surface area contributed by atoms with Gasteiger partial charge in [-0.05, 0) is 24.3 Å². The van der Waals surface area contributed by atoms with Gasteiger partial charge in [-0.1, -0.05) is 6.42 Å². The number of aliphatic hydroxyl groups is 1. The van der Waals surface area contributed by atoms with E-state index in [0.717, 1.165) is 24.8 Å². The van der Waals surface area contributed by atoms with E-state index in [-0.39, 0.29) is 17.9 Å². The molecule has 0 aliphatic heterocycles. The lowest BCUT2D eigenvalue weighted by Crippen LogP contribution is -2.32. The van der Waals surface area contributed by atoms with Crippen LogP contribution >= 0.6 is 11.3 Å². The number of aromatic nitrogens is 2. The third-order valence-electron chi connectivity index (χ3n) is 3.98. The first-order chi connectivity index (χ1) is 10.7. The molecule has 0 bridgehead atoms. The van der Waals surface area contributed by atoms with Crippen LogP contribution in [0.1, 0.15) is 31.6 Å². The third-order valence-corrected chi connectivity index (χ3v) is 4.66. The zero-order valence-corrected chi connectivity index (χ0v) is 13.0. The molecule has 1 saturated carbocycles. The fourth-order valence-electron chi connectivity index (χ4n) is 2.67. The standard InChI is InChI=1S/C15H19N3O3S/c19-12-3-1-2-10(12)8-16-13(20)4-5-14-17-18-15(21-14)11-6-7-22-9-11/h6-7,9-10,12,19H,1-5,8H2,(H,16,20). The minimum absolute atomic E-state index is 0.0469. The van der Waals surface area contributed by atoms with Gasteiger partial charge in [0.25, 0.3) is 0 Å². The van der Waals surface area contributed by atoms with Crippen LogP contribution < -0.4 is 5.32 Å². The predicted octanol–water partition coefficient (Wildman–Crippen LogP) is 2.01. The maximum atomic E-state index is 11.8. The fraction of sp³-hybridized carbons (Fsp3) is 0.533. The van der Waals surface area contributed by atoms with E-state index in [4.69, 9.17) is 4.42 Å². The summed E-state index contributed by atoms with van der Waals surface area (Å²) in [4.78, 5) is 11.8. The molecule has 0 aromatic carbocycles. The zero-order chi connectivity index (χ0) is 15.4. The van der Waals surface area contributed by atoms with Gasteiger partial charge in [0.1, 0.15) is 0 Å². The molecule has 3 rings (SSSR count). The van der Waals surface area contributed by atoms with Crippen molar-refractivity contribution in [3.8, 4) is 11.5 Å². The molecule has 1 aliphatic rings. The summed E-state index contributed by atoms with van der Waals surface area (Å²) in [7, 11) is 0. The Kier molecular flexibility index (Phi) is 4.84. The van der Waals surface area contributed by atoms with Gasteiger partial charge in [-0.3, -0.25) is 4.79 Å². The molecule has 1 amide bonds. The highest BCUT2D eigenvalue weighted by Gasteiger charge is 2.25. The van der Waals surface area contributed by atoms with Gasteiger partial charge in [-0.25, -0.2) is 0 Å². The van der Waals surface area contributed by atoms with Crippen molar-refractivity contribution in [2.75, 3.05) is 6.54 Å². The minimum atomic E-state index is -0.274. The van der Waals surface area contributed by atoms with Crippen LogP contribution in [0, 0.1) is 5.92 Å². The minimum Gasteiger partial charge on any atom is -0.421 e. The first kappa shape index (κ1) is 15.2. The fourth-order valence-corrected chi connectivity index (χ4v) is 3.30. The second-order valence-electron chi connectivity index (χ2n) is 5.58. The van der Waals surface area contributed by atoms with Crippen molar-refractivity contribution in [1.82, 2.24) is 15.5 Å². The number of nitrogens with one attached hydrogen (secondary N) is 1. The second kappa shape index (κ2) is 7.02. The molecule has 22 heavy (non-hydrogen) atoms. The number of thiophene rings is 1. The van der Waals surface area contributed by atoms with Gasteiger partial charge >= 0.3 is 0 Å². The number of carbonyl (C=O) groups excluding carboxylic acids is 1. The lowest BCUT2D eigenvalue weighted by Gasteiger charge is -2.14. The zero-order valence-electron chi connectivity index (χ0n) is 12.2. The number of amides is 1. The first-order valence-electron chi connectivity index (χ1n) is 7.52. The number of carbonyl (C=O) groups is 1. The highest BCUT2D eigenvalue weighted by atomic mass is 32.1. The molecule has 2 N–H and O–H groups in total. The molecular formula is C15H19N3O3S. The second-order valence-corrected chi connectivity index (χ2v) is 6.36. The van der Waals surface area contributed by atoms with E-state index in [1.165, 1.54) is 0 Å². The normalized spacial score (nSPS) is 21.1. The Bertz CT molecular complexity index is 611. The largest absolute Gasteiger partial charge is 0.421 e. The molecule has 2 unspecified atom stereocenters. The molecule has 1 aliphatic carbocycles. The Hall–Kier alpha value is -1.73. The maximum Gasteiger partial charge on any atom is 0.248 e. The van der Waals surface area contributed by atoms with Crippen LogP contribution in [0.2, 0.25) is 0 Å². The van der Waals surface area contributed by atoms with Crippen LogP contribution in [-0.2, 0) is 11.2 Å². The topological polar surface area (TPSA) is 88.2 Å². The molecule has 118 valence electrons. The number of aryl methyl sites for hydroxylation is 1. The number of rotatable bonds is 6. The van der Waals surface area contributed by atoms with Crippen molar-refractivity contribution < 1.29 is 14.3 Å². The molecule has 7 heteroatoms. The summed E-state index contributed by atoms with van der Waals surface area (Å²) in [5, 5.41) is 24.4. The van der Waals surface area contributed by atoms with Gasteiger partial charge in [0, 0.05) is 36.2 Å². The van der Waals surface area contributed by atoms with Crippen LogP contribution in [-0.4, -0.2) is 33.9 Å². The number of hydrogen-bond donors (Lipinski definition) is 2. The Balaban J connectivity index is 1.43. The molecule has 2 atom stereocenters. The van der Waals surface area contributed by atoms with Crippen molar-refractivity contribution in [3.05, 3.63) is 22.7 Å².